The fraction of sp³-hybridized carbons (Fsp3) is 0.750. The molecule has 3 nitrogen and oxygen atoms in total. The Labute approximate surface area is 194 Å². The fourth-order valence-electron chi connectivity index (χ4n) is 3.75. The third-order valence-electron chi connectivity index (χ3n) is 5.62. The van der Waals surface area contributed by atoms with Gasteiger partial charge in [0.2, 0.25) is 5.91 Å². The lowest BCUT2D eigenvalue weighted by molar-refractivity contribution is -0.189. The van der Waals surface area contributed by atoms with Crippen molar-refractivity contribution in [2.45, 2.75) is 109 Å². The predicted molar refractivity (Wildman–Crippen MR) is 124 cm³/mol. The SMILES string of the molecule is CCCCCCCCCCCCCCCC(=O)N(C)C(c1ccc(Br)cn1)C(F)(F)F. The molecule has 1 heterocycles. The molecule has 0 fully saturated rings. The topological polar surface area (TPSA) is 33.2 Å². The molecule has 31 heavy (non-hydrogen) atoms. The second kappa shape index (κ2) is 15.7. The minimum Gasteiger partial charge on any atom is -0.329 e. The van der Waals surface area contributed by atoms with E-state index in [0.29, 0.717) is 10.9 Å². The van der Waals surface area contributed by atoms with Gasteiger partial charge in [0.05, 0.1) is 5.69 Å². The molecular formula is C24H38BrF3N2O. The van der Waals surface area contributed by atoms with Gasteiger partial charge in [0.25, 0.3) is 0 Å². The van der Waals surface area contributed by atoms with Crippen LogP contribution in [0.1, 0.15) is 109 Å². The molecule has 178 valence electrons. The van der Waals surface area contributed by atoms with Gasteiger partial charge >= 0.3 is 6.18 Å². The first-order valence-corrected chi connectivity index (χ1v) is 12.5. The van der Waals surface area contributed by atoms with E-state index in [1.165, 1.54) is 83.2 Å². The van der Waals surface area contributed by atoms with Gasteiger partial charge < -0.3 is 4.90 Å². The van der Waals surface area contributed by atoms with Crippen LogP contribution < -0.4 is 0 Å². The Morgan fingerprint density at radius 1 is 0.935 bits per heavy atom. The van der Waals surface area contributed by atoms with Crippen LogP contribution in [0.5, 0.6) is 0 Å². The van der Waals surface area contributed by atoms with E-state index in [1.807, 2.05) is 0 Å². The summed E-state index contributed by atoms with van der Waals surface area (Å²) < 4.78 is 41.3. The van der Waals surface area contributed by atoms with Crippen LogP contribution in [0.25, 0.3) is 0 Å². The molecule has 1 rings (SSSR count). The van der Waals surface area contributed by atoms with Crippen LogP contribution in [-0.2, 0) is 4.79 Å². The molecule has 1 aromatic heterocycles. The van der Waals surface area contributed by atoms with Crippen molar-refractivity contribution in [3.8, 4) is 0 Å². The molecule has 1 unspecified atom stereocenters. The average Bonchev–Trinajstić information content (AvgIpc) is 2.71. The lowest BCUT2D eigenvalue weighted by atomic mass is 10.0. The standard InChI is InChI=1S/C24H38BrF3N2O/c1-3-4-5-6-7-8-9-10-11-12-13-14-15-16-22(31)30(2)23(24(26,27)28)21-18-17-20(25)19-29-21/h17-19,23H,3-16H2,1-2H3. The smallest absolute Gasteiger partial charge is 0.329 e. The number of carbonyl (C=O) groups is 1. The van der Waals surface area contributed by atoms with Crippen LogP contribution in [-0.4, -0.2) is 29.0 Å². The van der Waals surface area contributed by atoms with Gasteiger partial charge in [-0.1, -0.05) is 84.0 Å². The van der Waals surface area contributed by atoms with Crippen LogP contribution in [0, 0.1) is 0 Å². The summed E-state index contributed by atoms with van der Waals surface area (Å²) in [6.07, 6.45) is 12.3. The normalized spacial score (nSPS) is 12.7. The molecule has 1 amide bonds. The Kier molecular flexibility index (Phi) is 14.1. The number of alkyl halides is 3. The van der Waals surface area contributed by atoms with Crippen molar-refractivity contribution in [2.75, 3.05) is 7.05 Å². The number of nitrogens with zero attached hydrogens (tertiary/aromatic N) is 2. The van der Waals surface area contributed by atoms with Crippen molar-refractivity contribution in [1.29, 1.82) is 0 Å². The maximum atomic E-state index is 13.6. The molecule has 0 aliphatic rings. The minimum absolute atomic E-state index is 0.136. The fourth-order valence-corrected chi connectivity index (χ4v) is 3.98. The molecular weight excluding hydrogens is 469 g/mol. The molecule has 1 aromatic rings. The third-order valence-corrected chi connectivity index (χ3v) is 6.08. The first-order valence-electron chi connectivity index (χ1n) is 11.7. The van der Waals surface area contributed by atoms with Gasteiger partial charge in [-0.15, -0.1) is 0 Å². The van der Waals surface area contributed by atoms with Crippen molar-refractivity contribution >= 4 is 21.8 Å². The number of hydrogen-bond donors (Lipinski definition) is 0. The molecule has 0 aromatic carbocycles. The molecule has 0 aliphatic carbocycles. The van der Waals surface area contributed by atoms with Gasteiger partial charge in [-0.25, -0.2) is 0 Å². The molecule has 7 heteroatoms. The summed E-state index contributed by atoms with van der Waals surface area (Å²) >= 11 is 3.17. The van der Waals surface area contributed by atoms with Crippen molar-refractivity contribution in [3.63, 3.8) is 0 Å². The highest BCUT2D eigenvalue weighted by atomic mass is 79.9. The lowest BCUT2D eigenvalue weighted by Gasteiger charge is -2.29. The van der Waals surface area contributed by atoms with Crippen LogP contribution in [0.3, 0.4) is 0 Å². The summed E-state index contributed by atoms with van der Waals surface area (Å²) in [7, 11) is 1.21. The zero-order valence-corrected chi connectivity index (χ0v) is 20.6. The second-order valence-corrected chi connectivity index (χ2v) is 9.26. The van der Waals surface area contributed by atoms with Gasteiger partial charge in [0.15, 0.2) is 6.04 Å². The van der Waals surface area contributed by atoms with E-state index >= 15 is 0 Å². The molecule has 0 bridgehead atoms. The van der Waals surface area contributed by atoms with Gasteiger partial charge in [0, 0.05) is 24.1 Å². The zero-order chi connectivity index (χ0) is 23.1. The Hall–Kier alpha value is -1.11. The number of unbranched alkanes of at least 4 members (excludes halogenated alkanes) is 12. The number of hydrogen-bond acceptors (Lipinski definition) is 2. The summed E-state index contributed by atoms with van der Waals surface area (Å²) in [5.74, 6) is -0.491. The maximum absolute atomic E-state index is 13.6. The number of carbonyl (C=O) groups excluding carboxylic acids is 1. The molecule has 0 saturated heterocycles. The van der Waals surface area contributed by atoms with E-state index in [0.717, 1.165) is 24.2 Å². The van der Waals surface area contributed by atoms with Crippen molar-refractivity contribution in [2.24, 2.45) is 0 Å². The number of pyridine rings is 1. The van der Waals surface area contributed by atoms with Crippen LogP contribution >= 0.6 is 15.9 Å². The molecule has 0 spiro atoms. The summed E-state index contributed by atoms with van der Waals surface area (Å²) in [6.45, 7) is 2.23. The molecule has 1 atom stereocenters. The van der Waals surface area contributed by atoms with E-state index in [-0.39, 0.29) is 12.1 Å². The first kappa shape index (κ1) is 27.9. The molecule has 0 saturated carbocycles. The minimum atomic E-state index is -4.57. The number of aromatic nitrogens is 1. The summed E-state index contributed by atoms with van der Waals surface area (Å²) in [5, 5.41) is 0. The quantitative estimate of drug-likeness (QED) is 0.211. The Morgan fingerprint density at radius 3 is 1.84 bits per heavy atom. The Balaban J connectivity index is 2.22. The van der Waals surface area contributed by atoms with Crippen LogP contribution in [0.15, 0.2) is 22.8 Å². The van der Waals surface area contributed by atoms with E-state index in [4.69, 9.17) is 0 Å². The van der Waals surface area contributed by atoms with E-state index in [9.17, 15) is 18.0 Å². The zero-order valence-electron chi connectivity index (χ0n) is 19.0. The summed E-state index contributed by atoms with van der Waals surface area (Å²) in [4.78, 5) is 17.0. The van der Waals surface area contributed by atoms with E-state index in [1.54, 1.807) is 0 Å². The maximum Gasteiger partial charge on any atom is 0.414 e. The number of amides is 1. The summed E-state index contributed by atoms with van der Waals surface area (Å²) in [6, 6.07) is 0.790. The highest BCUT2D eigenvalue weighted by Crippen LogP contribution is 2.36. The van der Waals surface area contributed by atoms with Gasteiger partial charge in [-0.3, -0.25) is 9.78 Å². The van der Waals surface area contributed by atoms with Gasteiger partial charge in [-0.2, -0.15) is 13.2 Å². The third kappa shape index (κ3) is 11.9. The average molecular weight is 507 g/mol. The monoisotopic (exact) mass is 506 g/mol. The van der Waals surface area contributed by atoms with E-state index < -0.39 is 18.1 Å². The van der Waals surface area contributed by atoms with Crippen LogP contribution in [0.4, 0.5) is 13.2 Å². The molecule has 0 N–H and O–H groups in total. The Morgan fingerprint density at radius 2 is 1.42 bits per heavy atom. The predicted octanol–water partition coefficient (Wildman–Crippen LogP) is 8.39. The van der Waals surface area contributed by atoms with Crippen molar-refractivity contribution < 1.29 is 18.0 Å². The second-order valence-electron chi connectivity index (χ2n) is 8.34. The Bertz CT molecular complexity index is 608. The first-order chi connectivity index (χ1) is 14.8. The van der Waals surface area contributed by atoms with Gasteiger partial charge in [-0.05, 0) is 34.5 Å². The van der Waals surface area contributed by atoms with Crippen molar-refractivity contribution in [3.05, 3.63) is 28.5 Å². The van der Waals surface area contributed by atoms with Gasteiger partial charge in [0.1, 0.15) is 0 Å². The number of halogens is 4. The lowest BCUT2D eigenvalue weighted by Crippen LogP contribution is -2.40. The number of rotatable bonds is 16. The van der Waals surface area contributed by atoms with Crippen molar-refractivity contribution in [1.82, 2.24) is 9.88 Å². The largest absolute Gasteiger partial charge is 0.414 e. The molecule has 0 radical (unpaired) electrons. The highest BCUT2D eigenvalue weighted by molar-refractivity contribution is 9.10. The molecule has 0 aliphatic heterocycles. The van der Waals surface area contributed by atoms with Crippen LogP contribution in [0.2, 0.25) is 0 Å². The highest BCUT2D eigenvalue weighted by Gasteiger charge is 2.45. The van der Waals surface area contributed by atoms with E-state index in [2.05, 4.69) is 27.8 Å². The summed E-state index contributed by atoms with van der Waals surface area (Å²) in [5.41, 5.74) is -0.170.